The van der Waals surface area contributed by atoms with Gasteiger partial charge in [-0.1, -0.05) is 18.2 Å². The second kappa shape index (κ2) is 18.4. The fraction of sp³-hybridized carbons (Fsp3) is 0.611. The first-order chi connectivity index (χ1) is 25.7. The van der Waals surface area contributed by atoms with Gasteiger partial charge >= 0.3 is 37.7 Å². The van der Waals surface area contributed by atoms with Gasteiger partial charge in [-0.25, -0.2) is 28.1 Å². The van der Waals surface area contributed by atoms with Crippen LogP contribution in [0.4, 0.5) is 24.6 Å². The molecular weight excluding hydrogens is 778 g/mol. The Hall–Kier alpha value is -4.19. The largest absolute Gasteiger partial charge is 0.509 e. The van der Waals surface area contributed by atoms with Gasteiger partial charge < -0.3 is 28.2 Å². The number of para-hydroxylation sites is 1. The van der Waals surface area contributed by atoms with Crippen molar-refractivity contribution in [3.8, 4) is 5.75 Å². The third-order valence-corrected chi connectivity index (χ3v) is 9.96. The molecule has 2 heterocycles. The van der Waals surface area contributed by atoms with Crippen LogP contribution in [0.1, 0.15) is 88.5 Å². The molecule has 2 unspecified atom stereocenters. The van der Waals surface area contributed by atoms with E-state index < -0.39 is 102 Å². The molecule has 1 aliphatic heterocycles. The Kier molecular flexibility index (Phi) is 15.2. The monoisotopic (exact) mass is 830 g/mol. The summed E-state index contributed by atoms with van der Waals surface area (Å²) >= 11 is 0.775. The minimum atomic E-state index is -4.46. The Morgan fingerprint density at radius 1 is 0.911 bits per heavy atom. The quantitative estimate of drug-likeness (QED) is 0.127. The van der Waals surface area contributed by atoms with Crippen LogP contribution in [0, 0.1) is 0 Å². The molecule has 0 bridgehead atoms. The number of aromatic nitrogens is 2. The summed E-state index contributed by atoms with van der Waals surface area (Å²) in [7, 11) is -4.46. The maximum Gasteiger partial charge on any atom is 0.509 e. The summed E-state index contributed by atoms with van der Waals surface area (Å²) in [6, 6.07) is 7.84. The highest BCUT2D eigenvalue weighted by Crippen LogP contribution is 2.50. The first-order valence-corrected chi connectivity index (χ1v) is 20.2. The maximum absolute atomic E-state index is 16.5. The van der Waals surface area contributed by atoms with E-state index in [4.69, 9.17) is 32.7 Å². The van der Waals surface area contributed by atoms with Crippen LogP contribution in [0.5, 0.6) is 5.75 Å². The molecule has 1 saturated heterocycles. The molecule has 0 spiro atoms. The van der Waals surface area contributed by atoms with E-state index in [1.54, 1.807) is 94.4 Å². The first kappa shape index (κ1) is 46.2. The minimum Gasteiger partial charge on any atom is -0.462 e. The third-order valence-electron chi connectivity index (χ3n) is 6.79. The molecule has 1 aromatic carbocycles. The zero-order chi connectivity index (χ0) is 42.4. The highest BCUT2D eigenvalue weighted by Gasteiger charge is 2.50. The number of esters is 1. The Labute approximate surface area is 329 Å². The fourth-order valence-corrected chi connectivity index (χ4v) is 7.76. The summed E-state index contributed by atoms with van der Waals surface area (Å²) in [6.45, 7) is 18.2. The lowest BCUT2D eigenvalue weighted by atomic mass is 10.1. The van der Waals surface area contributed by atoms with Gasteiger partial charge in [0.05, 0.1) is 18.0 Å². The van der Waals surface area contributed by atoms with Crippen molar-refractivity contribution in [2.75, 3.05) is 11.5 Å². The molecule has 20 heteroatoms. The van der Waals surface area contributed by atoms with Gasteiger partial charge in [0.1, 0.15) is 34.0 Å². The SMILES string of the molecule is CC(C)OC(=O)[C@H](C)NP(=O)(OC[C@H]1SC(n2ccc(N(C(=O)OC(C)(C)C)C(=O)OC(C)(C)C)nc2=O)[C@@H](F)[C@@H]1OC(=O)OC(C)(C)C)Oc1ccccc1. The number of nitrogens with one attached hydrogen (secondary N) is 1. The molecular formula is C36H52FN4O13PS. The van der Waals surface area contributed by atoms with Crippen LogP contribution in [0.15, 0.2) is 47.4 Å². The van der Waals surface area contributed by atoms with E-state index in [0.29, 0.717) is 4.90 Å². The van der Waals surface area contributed by atoms with Crippen LogP contribution in [-0.4, -0.2) is 86.9 Å². The molecule has 0 saturated carbocycles. The van der Waals surface area contributed by atoms with E-state index in [-0.39, 0.29) is 5.75 Å². The number of amides is 2. The number of ether oxygens (including phenoxy) is 5. The summed E-state index contributed by atoms with van der Waals surface area (Å²) < 4.78 is 69.7. The topological polar surface area (TPSA) is 200 Å². The van der Waals surface area contributed by atoms with Crippen LogP contribution in [0.2, 0.25) is 0 Å². The summed E-state index contributed by atoms with van der Waals surface area (Å²) in [5.74, 6) is -1.11. The number of thioether (sulfide) groups is 1. The van der Waals surface area contributed by atoms with Gasteiger partial charge in [0.15, 0.2) is 18.1 Å². The smallest absolute Gasteiger partial charge is 0.462 e. The molecule has 56 heavy (non-hydrogen) atoms. The summed E-state index contributed by atoms with van der Waals surface area (Å²) in [5.41, 5.74) is -4.21. The average Bonchev–Trinajstić information content (AvgIpc) is 3.31. The number of hydrogen-bond donors (Lipinski definition) is 1. The number of carbonyl (C=O) groups excluding carboxylic acids is 4. The molecule has 1 aromatic heterocycles. The number of rotatable bonds is 12. The highest BCUT2D eigenvalue weighted by molar-refractivity contribution is 8.00. The summed E-state index contributed by atoms with van der Waals surface area (Å²) in [4.78, 5) is 69.7. The third kappa shape index (κ3) is 14.1. The second-order valence-corrected chi connectivity index (χ2v) is 18.9. The molecule has 0 aliphatic carbocycles. The van der Waals surface area contributed by atoms with Crippen LogP contribution in [0.25, 0.3) is 0 Å². The lowest BCUT2D eigenvalue weighted by Gasteiger charge is -2.28. The molecule has 17 nitrogen and oxygen atoms in total. The zero-order valence-corrected chi connectivity index (χ0v) is 35.3. The van der Waals surface area contributed by atoms with Crippen LogP contribution in [0.3, 0.4) is 0 Å². The molecule has 0 radical (unpaired) electrons. The molecule has 2 amide bonds. The van der Waals surface area contributed by atoms with Crippen molar-refractivity contribution >= 4 is 49.6 Å². The molecule has 3 rings (SSSR count). The van der Waals surface area contributed by atoms with Crippen LogP contribution < -0.4 is 20.2 Å². The highest BCUT2D eigenvalue weighted by atomic mass is 32.2. The van der Waals surface area contributed by atoms with Crippen molar-refractivity contribution in [3.05, 3.63) is 53.1 Å². The van der Waals surface area contributed by atoms with Gasteiger partial charge in [-0.3, -0.25) is 13.9 Å². The number of alkyl halides is 1. The van der Waals surface area contributed by atoms with Crippen molar-refractivity contribution < 1.29 is 60.9 Å². The predicted octanol–water partition coefficient (Wildman–Crippen LogP) is 7.33. The van der Waals surface area contributed by atoms with Crippen molar-refractivity contribution in [1.82, 2.24) is 14.6 Å². The number of anilines is 1. The minimum absolute atomic E-state index is 0.110. The molecule has 1 fully saturated rings. The molecule has 1 aliphatic rings. The van der Waals surface area contributed by atoms with Crippen molar-refractivity contribution in [3.63, 3.8) is 0 Å². The maximum atomic E-state index is 16.5. The standard InChI is InChI=1S/C36H52FN4O13PS/c1-21(2)49-29(42)22(3)39-55(47,54-23-16-14-13-15-17-23)48-20-24-27(50-33(46)53-36(10,11)12)26(37)28(56-24)40-19-18-25(38-30(40)43)41(31(44)51-34(4,5)6)32(45)52-35(7,8)9/h13-19,21-22,24,26-28H,20H2,1-12H3,(H,39,47)/t22-,24+,26-,27+,28?,55?/m0/s1. The zero-order valence-electron chi connectivity index (χ0n) is 33.6. The molecule has 1 N–H and O–H groups in total. The van der Waals surface area contributed by atoms with Gasteiger partial charge in [0, 0.05) is 6.20 Å². The van der Waals surface area contributed by atoms with E-state index in [9.17, 15) is 28.5 Å². The van der Waals surface area contributed by atoms with Crippen LogP contribution >= 0.6 is 19.5 Å². The lowest BCUT2D eigenvalue weighted by Crippen LogP contribution is -2.45. The normalized spacial score (nSPS) is 20.3. The second-order valence-electron chi connectivity index (χ2n) is 15.9. The van der Waals surface area contributed by atoms with Crippen molar-refractivity contribution in [2.24, 2.45) is 0 Å². The van der Waals surface area contributed by atoms with Gasteiger partial charge in [0.25, 0.3) is 0 Å². The summed E-state index contributed by atoms with van der Waals surface area (Å²) in [6.07, 6.45) is -6.75. The van der Waals surface area contributed by atoms with Gasteiger partial charge in [0.2, 0.25) is 0 Å². The average molecular weight is 831 g/mol. The van der Waals surface area contributed by atoms with Crippen molar-refractivity contribution in [2.45, 2.75) is 135 Å². The number of carbonyl (C=O) groups is 4. The number of nitrogens with zero attached hydrogens (tertiary/aromatic N) is 3. The Morgan fingerprint density at radius 2 is 1.46 bits per heavy atom. The first-order valence-electron chi connectivity index (χ1n) is 17.7. The Balaban J connectivity index is 2.00. The van der Waals surface area contributed by atoms with Gasteiger partial charge in [-0.15, -0.1) is 11.8 Å². The Morgan fingerprint density at radius 3 is 1.96 bits per heavy atom. The molecule has 2 aromatic rings. The summed E-state index contributed by atoms with van der Waals surface area (Å²) in [5, 5.41) is -0.0665. The number of benzene rings is 1. The number of hydrogen-bond acceptors (Lipinski definition) is 15. The predicted molar refractivity (Wildman–Crippen MR) is 204 cm³/mol. The van der Waals surface area contributed by atoms with Crippen molar-refractivity contribution in [1.29, 1.82) is 0 Å². The van der Waals surface area contributed by atoms with Crippen LogP contribution in [-0.2, 0) is 37.6 Å². The van der Waals surface area contributed by atoms with E-state index in [0.717, 1.165) is 28.6 Å². The van der Waals surface area contributed by atoms with E-state index >= 15 is 4.39 Å². The van der Waals surface area contributed by atoms with E-state index in [2.05, 4.69) is 10.1 Å². The van der Waals surface area contributed by atoms with E-state index in [1.165, 1.54) is 19.1 Å². The van der Waals surface area contributed by atoms with Gasteiger partial charge in [-0.05, 0) is 101 Å². The Bertz CT molecular complexity index is 1780. The molecule has 312 valence electrons. The fourth-order valence-electron chi connectivity index (χ4n) is 4.68. The molecule has 6 atom stereocenters. The number of imide groups is 1. The lowest BCUT2D eigenvalue weighted by molar-refractivity contribution is -0.149. The number of halogens is 1. The van der Waals surface area contributed by atoms with Gasteiger partial charge in [-0.2, -0.15) is 15.0 Å². The van der Waals surface area contributed by atoms with E-state index in [1.807, 2.05) is 0 Å².